The van der Waals surface area contributed by atoms with E-state index < -0.39 is 12.0 Å². The molecule has 0 radical (unpaired) electrons. The highest BCUT2D eigenvalue weighted by Crippen LogP contribution is 2.48. The van der Waals surface area contributed by atoms with Gasteiger partial charge < -0.3 is 15.2 Å². The fourth-order valence-electron chi connectivity index (χ4n) is 3.78. The van der Waals surface area contributed by atoms with Crippen LogP contribution in [0.15, 0.2) is 69.8 Å². The normalized spacial score (nSPS) is 17.6. The first-order chi connectivity index (χ1) is 15.5. The number of hydrogen-bond acceptors (Lipinski definition) is 8. The summed E-state index contributed by atoms with van der Waals surface area (Å²) >= 11 is 1.19. The Morgan fingerprint density at radius 3 is 2.69 bits per heavy atom. The van der Waals surface area contributed by atoms with Crippen LogP contribution in [0.25, 0.3) is 5.70 Å². The number of carbonyl (C=O) groups excluding carboxylic acids is 1. The Kier molecular flexibility index (Phi) is 5.93. The van der Waals surface area contributed by atoms with E-state index in [1.54, 1.807) is 18.9 Å². The van der Waals surface area contributed by atoms with Crippen molar-refractivity contribution >= 4 is 28.6 Å². The average molecular weight is 447 g/mol. The lowest BCUT2D eigenvalue weighted by atomic mass is 9.91. The number of allylic oxidation sites excluding steroid dienone is 1. The Morgan fingerprint density at radius 2 is 2.03 bits per heavy atom. The fraction of sp³-hybridized carbons (Fsp3) is 0.208. The van der Waals surface area contributed by atoms with Gasteiger partial charge in [-0.05, 0) is 42.8 Å². The second kappa shape index (κ2) is 8.81. The second-order valence-corrected chi connectivity index (χ2v) is 8.15. The number of methoxy groups -OCH3 is 1. The fourth-order valence-corrected chi connectivity index (χ4v) is 4.65. The van der Waals surface area contributed by atoms with E-state index in [9.17, 15) is 10.1 Å². The van der Waals surface area contributed by atoms with Gasteiger partial charge in [-0.15, -0.1) is 0 Å². The van der Waals surface area contributed by atoms with Gasteiger partial charge in [-0.3, -0.25) is 4.90 Å². The summed E-state index contributed by atoms with van der Waals surface area (Å²) in [6.45, 7) is 3.92. The molecule has 2 aliphatic heterocycles. The van der Waals surface area contributed by atoms with Crippen molar-refractivity contribution in [3.8, 4) is 11.8 Å². The predicted octanol–water partition coefficient (Wildman–Crippen LogP) is 4.09. The topological polar surface area (TPSA) is 101 Å². The van der Waals surface area contributed by atoms with E-state index in [1.165, 1.54) is 11.8 Å². The van der Waals surface area contributed by atoms with Crippen molar-refractivity contribution in [3.63, 3.8) is 0 Å². The van der Waals surface area contributed by atoms with Gasteiger partial charge in [-0.2, -0.15) is 5.26 Å². The van der Waals surface area contributed by atoms with Crippen molar-refractivity contribution in [1.29, 1.82) is 5.26 Å². The molecule has 0 bridgehead atoms. The number of fused-ring (bicyclic) bond motifs is 1. The Morgan fingerprint density at radius 1 is 1.28 bits per heavy atom. The van der Waals surface area contributed by atoms with E-state index >= 15 is 0 Å². The van der Waals surface area contributed by atoms with Crippen molar-refractivity contribution in [2.75, 3.05) is 13.7 Å². The monoisotopic (exact) mass is 446 g/mol. The number of thioether (sulfide) groups is 1. The lowest BCUT2D eigenvalue weighted by molar-refractivity contribution is -0.139. The minimum Gasteiger partial charge on any atom is -0.496 e. The summed E-state index contributed by atoms with van der Waals surface area (Å²) in [5.74, 6) is 0.461. The number of ether oxygens (including phenoxy) is 2. The van der Waals surface area contributed by atoms with Crippen LogP contribution in [0.5, 0.6) is 5.75 Å². The molecule has 0 unspecified atom stereocenters. The zero-order chi connectivity index (χ0) is 22.8. The quantitative estimate of drug-likeness (QED) is 0.690. The third-order valence-corrected chi connectivity index (χ3v) is 6.25. The highest BCUT2D eigenvalue weighted by atomic mass is 32.2. The van der Waals surface area contributed by atoms with Crippen LogP contribution in [0.2, 0.25) is 0 Å². The molecule has 0 aliphatic carbocycles. The zero-order valence-electron chi connectivity index (χ0n) is 18.0. The lowest BCUT2D eigenvalue weighted by Crippen LogP contribution is -2.38. The van der Waals surface area contributed by atoms with Gasteiger partial charge in [0.15, 0.2) is 5.17 Å². The number of esters is 1. The third kappa shape index (κ3) is 3.61. The molecule has 32 heavy (non-hydrogen) atoms. The van der Waals surface area contributed by atoms with E-state index in [1.807, 2.05) is 55.5 Å². The molecule has 2 N–H and O–H groups in total. The zero-order valence-corrected chi connectivity index (χ0v) is 18.8. The summed E-state index contributed by atoms with van der Waals surface area (Å²) in [7, 11) is 1.60. The second-order valence-electron chi connectivity index (χ2n) is 7.17. The van der Waals surface area contributed by atoms with E-state index in [-0.39, 0.29) is 12.4 Å². The maximum absolute atomic E-state index is 13.3. The van der Waals surface area contributed by atoms with Crippen molar-refractivity contribution in [2.45, 2.75) is 19.9 Å². The van der Waals surface area contributed by atoms with Crippen LogP contribution >= 0.6 is 11.8 Å². The Bertz CT molecular complexity index is 1210. The molecule has 0 spiro atoms. The predicted molar refractivity (Wildman–Crippen MR) is 124 cm³/mol. The van der Waals surface area contributed by atoms with Gasteiger partial charge in [-0.25, -0.2) is 9.79 Å². The molecular formula is C24H22N4O3S. The maximum Gasteiger partial charge on any atom is 0.338 e. The number of carbonyl (C=O) groups is 1. The van der Waals surface area contributed by atoms with Crippen molar-refractivity contribution < 1.29 is 14.3 Å². The summed E-state index contributed by atoms with van der Waals surface area (Å²) in [4.78, 5) is 20.1. The molecule has 2 aromatic carbocycles. The number of aryl methyl sites for hydroxylation is 1. The van der Waals surface area contributed by atoms with Gasteiger partial charge in [0.2, 0.25) is 0 Å². The number of aliphatic imine (C=N–C) groups is 1. The molecule has 2 aliphatic rings. The molecule has 1 atom stereocenters. The van der Waals surface area contributed by atoms with Crippen LogP contribution in [0.4, 0.5) is 0 Å². The molecule has 0 amide bonds. The Hall–Kier alpha value is -3.70. The number of amidine groups is 1. The smallest absolute Gasteiger partial charge is 0.338 e. The molecule has 2 heterocycles. The Balaban J connectivity index is 2.01. The summed E-state index contributed by atoms with van der Waals surface area (Å²) in [5.41, 5.74) is 9.74. The molecule has 2 aromatic rings. The lowest BCUT2D eigenvalue weighted by Gasteiger charge is -2.35. The van der Waals surface area contributed by atoms with Crippen molar-refractivity contribution in [2.24, 2.45) is 10.7 Å². The Labute approximate surface area is 190 Å². The first kappa shape index (κ1) is 21.5. The van der Waals surface area contributed by atoms with Crippen molar-refractivity contribution in [3.05, 3.63) is 81.5 Å². The van der Waals surface area contributed by atoms with Crippen LogP contribution in [0, 0.1) is 18.3 Å². The molecule has 0 aromatic heterocycles. The minimum absolute atomic E-state index is 0.217. The van der Waals surface area contributed by atoms with E-state index in [0.717, 1.165) is 16.7 Å². The molecular weight excluding hydrogens is 424 g/mol. The third-order valence-electron chi connectivity index (χ3n) is 5.28. The van der Waals surface area contributed by atoms with Gasteiger partial charge in [0.05, 0.1) is 31.0 Å². The molecule has 0 fully saturated rings. The van der Waals surface area contributed by atoms with Crippen molar-refractivity contribution in [1.82, 2.24) is 4.90 Å². The first-order valence-electron chi connectivity index (χ1n) is 10.1. The minimum atomic E-state index is -0.635. The van der Waals surface area contributed by atoms with Gasteiger partial charge in [0.25, 0.3) is 0 Å². The van der Waals surface area contributed by atoms with Crippen LogP contribution in [-0.2, 0) is 9.53 Å². The molecule has 0 saturated heterocycles. The van der Waals surface area contributed by atoms with Crippen LogP contribution < -0.4 is 10.5 Å². The summed E-state index contributed by atoms with van der Waals surface area (Å²) < 4.78 is 11.0. The van der Waals surface area contributed by atoms with E-state index in [2.05, 4.69) is 6.07 Å². The highest BCUT2D eigenvalue weighted by molar-refractivity contribution is 8.17. The molecule has 7 nitrogen and oxygen atoms in total. The van der Waals surface area contributed by atoms with E-state index in [0.29, 0.717) is 27.1 Å². The molecule has 8 heteroatoms. The number of nitrogens with zero attached hydrogens (tertiary/aromatic N) is 3. The number of rotatable bonds is 5. The first-order valence-corrected chi connectivity index (χ1v) is 10.9. The van der Waals surface area contributed by atoms with Gasteiger partial charge in [-0.1, -0.05) is 42.5 Å². The largest absolute Gasteiger partial charge is 0.496 e. The number of hydrogen-bond donors (Lipinski definition) is 1. The number of nitrogens with two attached hydrogens (primary N) is 1. The van der Waals surface area contributed by atoms with E-state index in [4.69, 9.17) is 20.2 Å². The van der Waals surface area contributed by atoms with Crippen LogP contribution in [0.3, 0.4) is 0 Å². The SMILES string of the molecule is CCOC(=O)C1=C(c2ccccc2)N=C2SC(C#N)=C(N)N2[C@@H]1c1ccc(C)c(OC)c1. The van der Waals surface area contributed by atoms with Gasteiger partial charge >= 0.3 is 5.97 Å². The molecule has 4 rings (SSSR count). The molecule has 162 valence electrons. The maximum atomic E-state index is 13.3. The van der Waals surface area contributed by atoms with Crippen LogP contribution in [-0.4, -0.2) is 29.8 Å². The molecule has 0 saturated carbocycles. The summed E-state index contributed by atoms with van der Waals surface area (Å²) in [6, 6.07) is 16.7. The van der Waals surface area contributed by atoms with Crippen LogP contribution in [0.1, 0.15) is 29.7 Å². The number of benzene rings is 2. The summed E-state index contributed by atoms with van der Waals surface area (Å²) in [6.07, 6.45) is 0. The summed E-state index contributed by atoms with van der Waals surface area (Å²) in [5, 5.41) is 10.1. The number of nitriles is 1. The van der Waals surface area contributed by atoms with Gasteiger partial charge in [0.1, 0.15) is 22.5 Å². The standard InChI is InChI=1S/C24H22N4O3S/c1-4-31-23(29)19-20(15-8-6-5-7-9-15)27-24-28(22(26)18(13-25)32-24)21(19)16-11-10-14(2)17(12-16)30-3/h5-12,21H,4,26H2,1-3H3/t21-/m1/s1. The highest BCUT2D eigenvalue weighted by Gasteiger charge is 2.43. The average Bonchev–Trinajstić information content (AvgIpc) is 3.14. The van der Waals surface area contributed by atoms with Gasteiger partial charge in [0, 0.05) is 5.56 Å².